The van der Waals surface area contributed by atoms with Crippen LogP contribution in [0.5, 0.6) is 5.88 Å². The van der Waals surface area contributed by atoms with E-state index < -0.39 is 54.3 Å². The summed E-state index contributed by atoms with van der Waals surface area (Å²) < 4.78 is 26.4. The Balaban J connectivity index is 1.31. The number of halogens is 1. The van der Waals surface area contributed by atoms with Crippen molar-refractivity contribution in [1.29, 1.82) is 0 Å². The summed E-state index contributed by atoms with van der Waals surface area (Å²) in [6.45, 7) is 4.28. The van der Waals surface area contributed by atoms with E-state index in [2.05, 4.69) is 20.6 Å². The minimum Gasteiger partial charge on any atom is -0.467 e. The summed E-state index contributed by atoms with van der Waals surface area (Å²) in [5.41, 5.74) is -0.0337. The molecule has 18 heteroatoms. The summed E-state index contributed by atoms with van der Waals surface area (Å²) in [6, 6.07) is 4.91. The van der Waals surface area contributed by atoms with Crippen LogP contribution in [0.1, 0.15) is 69.3 Å². The van der Waals surface area contributed by atoms with E-state index in [1.165, 1.54) is 39.0 Å². The van der Waals surface area contributed by atoms with Crippen molar-refractivity contribution in [2.75, 3.05) is 52.5 Å². The van der Waals surface area contributed by atoms with Crippen LogP contribution in [0.3, 0.4) is 0 Å². The van der Waals surface area contributed by atoms with Crippen molar-refractivity contribution >= 4 is 35.7 Å². The molecule has 2 aromatic rings. The SMILES string of the molecule is CCOOC(=O)CCC(NC(=O)c1cc(OCC(=O)N2CCCC2C(=O)NC2CCC2)n(-c2cccc(F)c2)n1)C(=O)N1CCN(C(=O)OCC)CC1. The second-order valence-corrected chi connectivity index (χ2v) is 12.9. The van der Waals surface area contributed by atoms with Gasteiger partial charge in [-0.05, 0) is 70.6 Å². The third kappa shape index (κ3) is 10.2. The quantitative estimate of drug-likeness (QED) is 0.200. The van der Waals surface area contributed by atoms with Crippen LogP contribution in [0, 0.1) is 5.82 Å². The molecule has 2 aliphatic heterocycles. The largest absolute Gasteiger partial charge is 0.467 e. The molecular weight excluding hydrogens is 697 g/mol. The summed E-state index contributed by atoms with van der Waals surface area (Å²) in [6.07, 6.45) is 3.15. The number of piperazine rings is 1. The number of likely N-dealkylation sites (tertiary alicyclic amines) is 1. The molecule has 1 aliphatic carbocycles. The van der Waals surface area contributed by atoms with Gasteiger partial charge in [0.05, 0.1) is 25.3 Å². The Labute approximate surface area is 305 Å². The maximum absolute atomic E-state index is 14.3. The molecule has 1 saturated carbocycles. The van der Waals surface area contributed by atoms with E-state index in [0.29, 0.717) is 19.4 Å². The highest BCUT2D eigenvalue weighted by molar-refractivity contribution is 5.96. The fourth-order valence-corrected chi connectivity index (χ4v) is 6.24. The van der Waals surface area contributed by atoms with Gasteiger partial charge in [0, 0.05) is 44.8 Å². The van der Waals surface area contributed by atoms with Crippen molar-refractivity contribution in [3.8, 4) is 11.6 Å². The van der Waals surface area contributed by atoms with Crippen molar-refractivity contribution in [3.05, 3.63) is 41.8 Å². The van der Waals surface area contributed by atoms with Gasteiger partial charge in [0.15, 0.2) is 12.3 Å². The van der Waals surface area contributed by atoms with Crippen molar-refractivity contribution < 1.29 is 52.4 Å². The molecule has 3 aliphatic rings. The first-order chi connectivity index (χ1) is 25.6. The van der Waals surface area contributed by atoms with E-state index in [0.717, 1.165) is 30.0 Å². The minimum absolute atomic E-state index is 0.0676. The van der Waals surface area contributed by atoms with Gasteiger partial charge >= 0.3 is 12.1 Å². The van der Waals surface area contributed by atoms with Crippen LogP contribution in [0.25, 0.3) is 5.69 Å². The van der Waals surface area contributed by atoms with E-state index in [1.807, 2.05) is 0 Å². The number of amides is 5. The first-order valence-corrected chi connectivity index (χ1v) is 18.0. The molecule has 2 unspecified atom stereocenters. The Morgan fingerprint density at radius 3 is 2.38 bits per heavy atom. The number of carbonyl (C=O) groups is 6. The molecule has 2 saturated heterocycles. The molecule has 1 aromatic carbocycles. The van der Waals surface area contributed by atoms with Gasteiger partial charge in [-0.2, -0.15) is 9.99 Å². The van der Waals surface area contributed by atoms with E-state index >= 15 is 0 Å². The second-order valence-electron chi connectivity index (χ2n) is 12.9. The van der Waals surface area contributed by atoms with E-state index in [-0.39, 0.29) is 81.4 Å². The number of hydrogen-bond donors (Lipinski definition) is 2. The van der Waals surface area contributed by atoms with Crippen LogP contribution in [0.2, 0.25) is 0 Å². The Kier molecular flexibility index (Phi) is 13.6. The van der Waals surface area contributed by atoms with Crippen LogP contribution in [0.4, 0.5) is 9.18 Å². The number of nitrogens with one attached hydrogen (secondary N) is 2. The normalized spacial score (nSPS) is 17.8. The Hall–Kier alpha value is -5.26. The Morgan fingerprint density at radius 1 is 0.943 bits per heavy atom. The number of ether oxygens (including phenoxy) is 2. The third-order valence-corrected chi connectivity index (χ3v) is 9.26. The molecule has 0 spiro atoms. The molecule has 5 rings (SSSR count). The van der Waals surface area contributed by atoms with Crippen molar-refractivity contribution in [3.63, 3.8) is 0 Å². The molecular formula is C35H46FN7O10. The van der Waals surface area contributed by atoms with Crippen molar-refractivity contribution in [2.45, 2.75) is 76.9 Å². The molecule has 2 N–H and O–H groups in total. The summed E-state index contributed by atoms with van der Waals surface area (Å²) >= 11 is 0. The molecule has 53 heavy (non-hydrogen) atoms. The molecule has 1 aromatic heterocycles. The maximum atomic E-state index is 14.3. The molecule has 3 heterocycles. The molecule has 0 bridgehead atoms. The smallest absolute Gasteiger partial charge is 0.409 e. The Bertz CT molecular complexity index is 1640. The lowest BCUT2D eigenvalue weighted by molar-refractivity contribution is -0.269. The van der Waals surface area contributed by atoms with Gasteiger partial charge in [-0.1, -0.05) is 6.07 Å². The fraction of sp³-hybridized carbons (Fsp3) is 0.571. The third-order valence-electron chi connectivity index (χ3n) is 9.26. The first-order valence-electron chi connectivity index (χ1n) is 18.0. The lowest BCUT2D eigenvalue weighted by Gasteiger charge is -2.35. The summed E-state index contributed by atoms with van der Waals surface area (Å²) in [4.78, 5) is 91.9. The van der Waals surface area contributed by atoms with Crippen LogP contribution < -0.4 is 15.4 Å². The topological polar surface area (TPSA) is 191 Å². The zero-order valence-corrected chi connectivity index (χ0v) is 29.9. The number of nitrogens with zero attached hydrogens (tertiary/aromatic N) is 5. The van der Waals surface area contributed by atoms with E-state index in [4.69, 9.17) is 14.4 Å². The van der Waals surface area contributed by atoms with E-state index in [9.17, 15) is 33.2 Å². The average Bonchev–Trinajstić information content (AvgIpc) is 3.81. The highest BCUT2D eigenvalue weighted by Crippen LogP contribution is 2.24. The predicted octanol–water partition coefficient (Wildman–Crippen LogP) is 1.72. The number of hydrogen-bond acceptors (Lipinski definition) is 11. The van der Waals surface area contributed by atoms with Crippen molar-refractivity contribution in [1.82, 2.24) is 35.1 Å². The molecule has 0 radical (unpaired) electrons. The zero-order chi connectivity index (χ0) is 37.9. The number of rotatable bonds is 15. The van der Waals surface area contributed by atoms with Crippen LogP contribution in [-0.2, 0) is 33.7 Å². The van der Waals surface area contributed by atoms with Gasteiger partial charge in [-0.15, -0.1) is 0 Å². The first kappa shape index (κ1) is 39.0. The lowest BCUT2D eigenvalue weighted by Crippen LogP contribution is -2.56. The maximum Gasteiger partial charge on any atom is 0.409 e. The summed E-state index contributed by atoms with van der Waals surface area (Å²) in [7, 11) is 0. The lowest BCUT2D eigenvalue weighted by atomic mass is 9.93. The fourth-order valence-electron chi connectivity index (χ4n) is 6.24. The Morgan fingerprint density at radius 2 is 1.70 bits per heavy atom. The van der Waals surface area contributed by atoms with Crippen LogP contribution in [-0.4, -0.2) is 131 Å². The monoisotopic (exact) mass is 743 g/mol. The number of aromatic nitrogens is 2. The average molecular weight is 744 g/mol. The summed E-state index contributed by atoms with van der Waals surface area (Å²) in [5, 5.41) is 9.97. The number of carbonyl (C=O) groups excluding carboxylic acids is 6. The second kappa shape index (κ2) is 18.5. The highest BCUT2D eigenvalue weighted by atomic mass is 19.1. The molecule has 2 atom stereocenters. The zero-order valence-electron chi connectivity index (χ0n) is 29.9. The van der Waals surface area contributed by atoms with Gasteiger partial charge in [0.2, 0.25) is 17.7 Å². The highest BCUT2D eigenvalue weighted by Gasteiger charge is 2.36. The summed E-state index contributed by atoms with van der Waals surface area (Å²) in [5.74, 6) is -3.35. The van der Waals surface area contributed by atoms with Gasteiger partial charge in [0.25, 0.3) is 11.8 Å². The van der Waals surface area contributed by atoms with Crippen LogP contribution >= 0.6 is 0 Å². The van der Waals surface area contributed by atoms with Crippen LogP contribution in [0.15, 0.2) is 30.3 Å². The van der Waals surface area contributed by atoms with Gasteiger partial charge in [0.1, 0.15) is 17.9 Å². The van der Waals surface area contributed by atoms with Gasteiger partial charge < -0.3 is 34.8 Å². The molecule has 17 nitrogen and oxygen atoms in total. The minimum atomic E-state index is -1.21. The van der Waals surface area contributed by atoms with Crippen molar-refractivity contribution in [2.24, 2.45) is 0 Å². The standard InChI is InChI=1S/C35H46FN7O10/c1-3-50-35(49)41-18-16-40(17-19-41)34(48)26(13-14-31(45)53-52-4-2)38-32(46)27-21-30(43(39-27)25-11-5-8-23(36)20-25)51-22-29(44)42-15-7-12-28(42)33(47)37-24-9-6-10-24/h5,8,11,20-21,24,26,28H,3-4,6-7,9-10,12-19,22H2,1-2H3,(H,37,47)(H,38,46). The molecule has 5 amide bonds. The predicted molar refractivity (Wildman–Crippen MR) is 183 cm³/mol. The molecule has 3 fully saturated rings. The molecule has 288 valence electrons. The van der Waals surface area contributed by atoms with Gasteiger partial charge in [-0.25, -0.2) is 18.7 Å². The number of benzene rings is 1. The van der Waals surface area contributed by atoms with Gasteiger partial charge in [-0.3, -0.25) is 24.1 Å². The van der Waals surface area contributed by atoms with E-state index in [1.54, 1.807) is 13.8 Å².